The lowest BCUT2D eigenvalue weighted by molar-refractivity contribution is -0.124. The molecule has 0 amide bonds. The van der Waals surface area contributed by atoms with Crippen LogP contribution in [0.5, 0.6) is 0 Å². The minimum absolute atomic E-state index is 0.0408. The van der Waals surface area contributed by atoms with Crippen LogP contribution in [-0.2, 0) is 11.2 Å². The second kappa shape index (κ2) is 7.85. The number of carbonyl (C=O) groups excluding carboxylic acids is 1. The van der Waals surface area contributed by atoms with Crippen molar-refractivity contribution in [3.05, 3.63) is 35.4 Å². The number of benzene rings is 1. The van der Waals surface area contributed by atoms with Gasteiger partial charge in [-0.05, 0) is 48.8 Å². The second-order valence-electron chi connectivity index (χ2n) is 7.11. The first-order valence-electron chi connectivity index (χ1n) is 8.41. The summed E-state index contributed by atoms with van der Waals surface area (Å²) in [6.07, 6.45) is 6.53. The van der Waals surface area contributed by atoms with Crippen LogP contribution < -0.4 is 0 Å². The Kier molecular flexibility index (Phi) is 6.10. The number of carbonyl (C=O) groups is 1. The molecular weight excluding hydrogens is 282 g/mol. The van der Waals surface area contributed by atoms with E-state index in [1.807, 2.05) is 0 Å². The number of Topliss-reactive ketones (excluding diaryl/α,β-unsaturated/α-hetero) is 1. The molecule has 1 aliphatic carbocycles. The largest absolute Gasteiger partial charge is 0.299 e. The van der Waals surface area contributed by atoms with Gasteiger partial charge < -0.3 is 0 Å². The molecule has 0 spiro atoms. The monoisotopic (exact) mass is 308 g/mol. The zero-order valence-corrected chi connectivity index (χ0v) is 13.6. The molecule has 0 N–H and O–H groups in total. The van der Waals surface area contributed by atoms with Crippen molar-refractivity contribution >= 4 is 5.78 Å². The normalized spacial score (nSPS) is 16.6. The van der Waals surface area contributed by atoms with E-state index in [1.54, 1.807) is 0 Å². The quantitative estimate of drug-likeness (QED) is 0.635. The van der Waals surface area contributed by atoms with E-state index < -0.39 is 11.6 Å². The maximum atomic E-state index is 13.2. The highest BCUT2D eigenvalue weighted by Gasteiger charge is 2.26. The van der Waals surface area contributed by atoms with Crippen LogP contribution in [-0.4, -0.2) is 5.78 Å². The van der Waals surface area contributed by atoms with Gasteiger partial charge in [-0.2, -0.15) is 0 Å². The van der Waals surface area contributed by atoms with Gasteiger partial charge in [0.2, 0.25) is 0 Å². The van der Waals surface area contributed by atoms with E-state index in [2.05, 4.69) is 13.8 Å². The SMILES string of the molecule is CC(C)CC(=O)C(CCc1cc(F)cc(F)c1)CC1CCC1. The lowest BCUT2D eigenvalue weighted by atomic mass is 9.75. The van der Waals surface area contributed by atoms with Gasteiger partial charge in [-0.1, -0.05) is 33.1 Å². The third-order valence-electron chi connectivity index (χ3n) is 4.61. The van der Waals surface area contributed by atoms with Crippen LogP contribution >= 0.6 is 0 Å². The number of hydrogen-bond acceptors (Lipinski definition) is 1. The molecule has 1 aliphatic rings. The molecule has 122 valence electrons. The molecule has 0 heterocycles. The van der Waals surface area contributed by atoms with Crippen LogP contribution in [0.4, 0.5) is 8.78 Å². The highest BCUT2D eigenvalue weighted by Crippen LogP contribution is 2.34. The summed E-state index contributed by atoms with van der Waals surface area (Å²) in [6.45, 7) is 4.11. The Hall–Kier alpha value is -1.25. The van der Waals surface area contributed by atoms with Gasteiger partial charge in [-0.25, -0.2) is 8.78 Å². The van der Waals surface area contributed by atoms with Gasteiger partial charge in [0.25, 0.3) is 0 Å². The van der Waals surface area contributed by atoms with Crippen LogP contribution in [0.2, 0.25) is 0 Å². The maximum Gasteiger partial charge on any atom is 0.136 e. The summed E-state index contributed by atoms with van der Waals surface area (Å²) in [6, 6.07) is 3.63. The van der Waals surface area contributed by atoms with E-state index in [9.17, 15) is 13.6 Å². The Morgan fingerprint density at radius 1 is 1.18 bits per heavy atom. The fourth-order valence-electron chi connectivity index (χ4n) is 3.21. The Morgan fingerprint density at radius 2 is 1.82 bits per heavy atom. The summed E-state index contributed by atoms with van der Waals surface area (Å²) < 4.78 is 26.5. The third-order valence-corrected chi connectivity index (χ3v) is 4.61. The highest BCUT2D eigenvalue weighted by atomic mass is 19.1. The minimum Gasteiger partial charge on any atom is -0.299 e. The fraction of sp³-hybridized carbons (Fsp3) is 0.632. The van der Waals surface area contributed by atoms with Crippen LogP contribution in [0.3, 0.4) is 0 Å². The van der Waals surface area contributed by atoms with Gasteiger partial charge in [-0.3, -0.25) is 4.79 Å². The molecule has 1 aromatic rings. The Morgan fingerprint density at radius 3 is 2.32 bits per heavy atom. The number of ketones is 1. The van der Waals surface area contributed by atoms with Crippen LogP contribution in [0.15, 0.2) is 18.2 Å². The molecule has 22 heavy (non-hydrogen) atoms. The standard InChI is InChI=1S/C19H26F2O/c1-13(2)8-19(22)16(9-14-4-3-5-14)7-6-15-10-17(20)12-18(21)11-15/h10-14,16H,3-9H2,1-2H3. The predicted octanol–water partition coefficient (Wildman–Crippen LogP) is 5.32. The molecule has 1 fully saturated rings. The number of aryl methyl sites for hydroxylation is 1. The molecule has 1 aromatic carbocycles. The average Bonchev–Trinajstić information content (AvgIpc) is 2.34. The van der Waals surface area contributed by atoms with Crippen molar-refractivity contribution in [3.8, 4) is 0 Å². The summed E-state index contributed by atoms with van der Waals surface area (Å²) in [7, 11) is 0. The van der Waals surface area contributed by atoms with Gasteiger partial charge in [0.05, 0.1) is 0 Å². The van der Waals surface area contributed by atoms with Gasteiger partial charge in [0, 0.05) is 18.4 Å². The first-order valence-corrected chi connectivity index (χ1v) is 8.41. The van der Waals surface area contributed by atoms with Crippen LogP contribution in [0.25, 0.3) is 0 Å². The van der Waals surface area contributed by atoms with Crippen molar-refractivity contribution in [2.45, 2.75) is 58.8 Å². The molecular formula is C19H26F2O. The summed E-state index contributed by atoms with van der Waals surface area (Å²) in [4.78, 5) is 12.4. The number of rotatable bonds is 8. The smallest absolute Gasteiger partial charge is 0.136 e. The zero-order chi connectivity index (χ0) is 16.1. The number of halogens is 2. The first kappa shape index (κ1) is 17.1. The molecule has 2 rings (SSSR count). The lowest BCUT2D eigenvalue weighted by Crippen LogP contribution is -2.23. The highest BCUT2D eigenvalue weighted by molar-refractivity contribution is 5.81. The van der Waals surface area contributed by atoms with Gasteiger partial charge in [-0.15, -0.1) is 0 Å². The van der Waals surface area contributed by atoms with Crippen LogP contribution in [0, 0.1) is 29.4 Å². The molecule has 0 saturated heterocycles. The van der Waals surface area contributed by atoms with E-state index in [0.717, 1.165) is 12.5 Å². The lowest BCUT2D eigenvalue weighted by Gasteiger charge is -2.29. The topological polar surface area (TPSA) is 17.1 Å². The third kappa shape index (κ3) is 5.19. The number of hydrogen-bond donors (Lipinski definition) is 0. The molecule has 1 unspecified atom stereocenters. The van der Waals surface area contributed by atoms with Gasteiger partial charge in [0.1, 0.15) is 17.4 Å². The molecule has 0 aliphatic heterocycles. The Bertz CT molecular complexity index is 486. The van der Waals surface area contributed by atoms with Crippen LogP contribution in [0.1, 0.15) is 57.9 Å². The van der Waals surface area contributed by atoms with Crippen molar-refractivity contribution in [3.63, 3.8) is 0 Å². The summed E-state index contributed by atoms with van der Waals surface area (Å²) >= 11 is 0. The summed E-state index contributed by atoms with van der Waals surface area (Å²) in [5, 5.41) is 0. The second-order valence-corrected chi connectivity index (χ2v) is 7.11. The summed E-state index contributed by atoms with van der Waals surface area (Å²) in [5.74, 6) is 0.310. The van der Waals surface area contributed by atoms with Gasteiger partial charge >= 0.3 is 0 Å². The Balaban J connectivity index is 1.96. The van der Waals surface area contributed by atoms with Crippen molar-refractivity contribution in [2.24, 2.45) is 17.8 Å². The zero-order valence-electron chi connectivity index (χ0n) is 13.6. The van der Waals surface area contributed by atoms with E-state index in [0.29, 0.717) is 42.4 Å². The molecule has 0 radical (unpaired) electrons. The average molecular weight is 308 g/mol. The van der Waals surface area contributed by atoms with E-state index in [-0.39, 0.29) is 5.92 Å². The summed E-state index contributed by atoms with van der Waals surface area (Å²) in [5.41, 5.74) is 0.647. The molecule has 1 nitrogen and oxygen atoms in total. The van der Waals surface area contributed by atoms with Crippen molar-refractivity contribution in [1.29, 1.82) is 0 Å². The van der Waals surface area contributed by atoms with Crippen molar-refractivity contribution in [2.75, 3.05) is 0 Å². The van der Waals surface area contributed by atoms with E-state index in [1.165, 1.54) is 31.4 Å². The fourth-order valence-corrected chi connectivity index (χ4v) is 3.21. The predicted molar refractivity (Wildman–Crippen MR) is 84.6 cm³/mol. The van der Waals surface area contributed by atoms with Gasteiger partial charge in [0.15, 0.2) is 0 Å². The molecule has 1 saturated carbocycles. The Labute approximate surface area is 132 Å². The van der Waals surface area contributed by atoms with Crippen molar-refractivity contribution < 1.29 is 13.6 Å². The maximum absolute atomic E-state index is 13.2. The molecule has 0 bridgehead atoms. The molecule has 1 atom stereocenters. The first-order chi connectivity index (χ1) is 10.4. The van der Waals surface area contributed by atoms with Crippen molar-refractivity contribution in [1.82, 2.24) is 0 Å². The minimum atomic E-state index is -0.543. The van der Waals surface area contributed by atoms with E-state index in [4.69, 9.17) is 0 Å². The molecule has 0 aromatic heterocycles. The van der Waals surface area contributed by atoms with E-state index >= 15 is 0 Å². The molecule has 3 heteroatoms.